The summed E-state index contributed by atoms with van der Waals surface area (Å²) in [5, 5.41) is 0.831. The van der Waals surface area contributed by atoms with Crippen LogP contribution in [-0.4, -0.2) is 0 Å². The molecule has 0 atom stereocenters. The van der Waals surface area contributed by atoms with Gasteiger partial charge in [-0.05, 0) is 18.2 Å². The summed E-state index contributed by atoms with van der Waals surface area (Å²) in [5.74, 6) is 0. The van der Waals surface area contributed by atoms with Crippen molar-refractivity contribution in [2.75, 3.05) is 0 Å². The minimum Gasteiger partial charge on any atom is -0.289 e. The van der Waals surface area contributed by atoms with Gasteiger partial charge in [0.05, 0.1) is 0 Å². The molecule has 16 heavy (non-hydrogen) atoms. The van der Waals surface area contributed by atoms with E-state index in [0.717, 1.165) is 26.9 Å². The van der Waals surface area contributed by atoms with E-state index in [4.69, 9.17) is 0 Å². The Kier molecular flexibility index (Phi) is 2.22. The molecule has 0 aliphatic heterocycles. The van der Waals surface area contributed by atoms with Crippen LogP contribution >= 0.6 is 11.3 Å². The fraction of sp³-hybridized carbons (Fsp3) is 0.0714. The fourth-order valence-corrected chi connectivity index (χ4v) is 3.06. The lowest BCUT2D eigenvalue weighted by Gasteiger charge is -2.03. The lowest BCUT2D eigenvalue weighted by atomic mass is 10.1. The molecule has 78 valence electrons. The fourth-order valence-electron chi connectivity index (χ4n) is 1.93. The highest BCUT2D eigenvalue weighted by molar-refractivity contribution is 7.18. The second-order valence-electron chi connectivity index (χ2n) is 3.76. The van der Waals surface area contributed by atoms with Crippen molar-refractivity contribution in [1.29, 1.82) is 0 Å². The minimum absolute atomic E-state index is 0.157. The first-order chi connectivity index (χ1) is 7.86. The zero-order valence-corrected chi connectivity index (χ0v) is 9.46. The summed E-state index contributed by atoms with van der Waals surface area (Å²) < 4.78 is 1.08. The molecular weight excluding hydrogens is 216 g/mol. The van der Waals surface area contributed by atoms with Crippen molar-refractivity contribution in [3.63, 3.8) is 0 Å². The number of fused-ring (bicyclic) bond motifs is 2. The molecule has 0 saturated heterocycles. The summed E-state index contributed by atoms with van der Waals surface area (Å²) in [6.07, 6.45) is 8.80. The molecule has 0 bridgehead atoms. The molecule has 1 heterocycles. The zero-order valence-electron chi connectivity index (χ0n) is 8.64. The van der Waals surface area contributed by atoms with Crippen molar-refractivity contribution < 1.29 is 0 Å². The molecule has 1 aliphatic rings. The molecular formula is C14H10OS. The monoisotopic (exact) mass is 226 g/mol. The van der Waals surface area contributed by atoms with Crippen LogP contribution in [0.25, 0.3) is 16.2 Å². The van der Waals surface area contributed by atoms with Gasteiger partial charge in [0.25, 0.3) is 0 Å². The largest absolute Gasteiger partial charge is 0.289 e. The van der Waals surface area contributed by atoms with Crippen molar-refractivity contribution in [1.82, 2.24) is 0 Å². The minimum atomic E-state index is 0.157. The summed E-state index contributed by atoms with van der Waals surface area (Å²) in [5.41, 5.74) is 1.01. The van der Waals surface area contributed by atoms with Gasteiger partial charge in [-0.15, -0.1) is 11.3 Å². The average molecular weight is 226 g/mol. The van der Waals surface area contributed by atoms with Gasteiger partial charge in [0, 0.05) is 26.9 Å². The second kappa shape index (κ2) is 3.72. The molecule has 0 amide bonds. The molecule has 0 saturated carbocycles. The summed E-state index contributed by atoms with van der Waals surface area (Å²) in [6, 6.07) is 7.81. The molecule has 0 spiro atoms. The SMILES string of the molecule is O=c1c2c(sc3ccccc13)CC=CC=C2. The number of benzene rings is 1. The van der Waals surface area contributed by atoms with Crippen molar-refractivity contribution in [2.45, 2.75) is 6.42 Å². The topological polar surface area (TPSA) is 17.1 Å². The van der Waals surface area contributed by atoms with Crippen LogP contribution in [0.3, 0.4) is 0 Å². The van der Waals surface area contributed by atoms with Gasteiger partial charge in [-0.2, -0.15) is 0 Å². The third-order valence-corrected chi connectivity index (χ3v) is 3.93. The Hall–Kier alpha value is -1.67. The molecule has 1 aliphatic carbocycles. The van der Waals surface area contributed by atoms with Crippen LogP contribution in [0.1, 0.15) is 10.4 Å². The van der Waals surface area contributed by atoms with Crippen molar-refractivity contribution in [3.05, 3.63) is 63.2 Å². The van der Waals surface area contributed by atoms with E-state index in [2.05, 4.69) is 6.08 Å². The third-order valence-electron chi connectivity index (χ3n) is 2.72. The number of allylic oxidation sites excluding steroid dienone is 3. The van der Waals surface area contributed by atoms with Crippen LogP contribution < -0.4 is 5.43 Å². The maximum atomic E-state index is 12.3. The van der Waals surface area contributed by atoms with Gasteiger partial charge in [-0.3, -0.25) is 4.79 Å². The molecule has 0 unspecified atom stereocenters. The van der Waals surface area contributed by atoms with Gasteiger partial charge in [0.15, 0.2) is 5.43 Å². The molecule has 1 aromatic carbocycles. The van der Waals surface area contributed by atoms with Crippen LogP contribution in [0.15, 0.2) is 47.3 Å². The molecule has 3 rings (SSSR count). The first kappa shape index (κ1) is 9.55. The normalized spacial score (nSPS) is 13.8. The Bertz CT molecular complexity index is 662. The van der Waals surface area contributed by atoms with E-state index >= 15 is 0 Å². The van der Waals surface area contributed by atoms with E-state index in [1.807, 2.05) is 42.5 Å². The summed E-state index contributed by atoms with van der Waals surface area (Å²) in [6.45, 7) is 0. The van der Waals surface area contributed by atoms with Gasteiger partial charge >= 0.3 is 0 Å². The van der Waals surface area contributed by atoms with Crippen LogP contribution in [-0.2, 0) is 6.42 Å². The summed E-state index contributed by atoms with van der Waals surface area (Å²) in [4.78, 5) is 13.4. The Morgan fingerprint density at radius 1 is 1.12 bits per heavy atom. The average Bonchev–Trinajstić information content (AvgIpc) is 2.55. The van der Waals surface area contributed by atoms with E-state index < -0.39 is 0 Å². The maximum Gasteiger partial charge on any atom is 0.195 e. The van der Waals surface area contributed by atoms with E-state index in [1.165, 1.54) is 0 Å². The Morgan fingerprint density at radius 2 is 2.00 bits per heavy atom. The standard InChI is InChI=1S/C14H10OS/c15-14-10-6-2-1-3-8-12(10)16-13-9-5-4-7-11(13)14/h1-7,9H,8H2. The number of hydrogen-bond acceptors (Lipinski definition) is 2. The predicted octanol–water partition coefficient (Wildman–Crippen LogP) is 3.39. The van der Waals surface area contributed by atoms with Crippen LogP contribution in [0.5, 0.6) is 0 Å². The number of hydrogen-bond donors (Lipinski definition) is 0. The van der Waals surface area contributed by atoms with Crippen LogP contribution in [0, 0.1) is 0 Å². The van der Waals surface area contributed by atoms with E-state index in [-0.39, 0.29) is 5.43 Å². The third kappa shape index (κ3) is 1.42. The molecule has 0 radical (unpaired) electrons. The molecule has 0 fully saturated rings. The Morgan fingerprint density at radius 3 is 2.94 bits per heavy atom. The van der Waals surface area contributed by atoms with Gasteiger partial charge in [-0.1, -0.05) is 30.4 Å². The highest BCUT2D eigenvalue weighted by atomic mass is 32.1. The van der Waals surface area contributed by atoms with E-state index in [1.54, 1.807) is 11.3 Å². The zero-order chi connectivity index (χ0) is 11.0. The molecule has 0 N–H and O–H groups in total. The van der Waals surface area contributed by atoms with Crippen molar-refractivity contribution >= 4 is 27.5 Å². The molecule has 1 nitrogen and oxygen atoms in total. The molecule has 1 aromatic heterocycles. The highest BCUT2D eigenvalue weighted by Crippen LogP contribution is 2.24. The molecule has 2 aromatic rings. The van der Waals surface area contributed by atoms with Gasteiger partial charge in [0.2, 0.25) is 0 Å². The lowest BCUT2D eigenvalue weighted by Crippen LogP contribution is -2.07. The predicted molar refractivity (Wildman–Crippen MR) is 70.0 cm³/mol. The van der Waals surface area contributed by atoms with Crippen LogP contribution in [0.4, 0.5) is 0 Å². The van der Waals surface area contributed by atoms with E-state index in [9.17, 15) is 4.79 Å². The first-order valence-corrected chi connectivity index (χ1v) is 6.06. The Balaban J connectivity index is 2.44. The Labute approximate surface area is 97.4 Å². The van der Waals surface area contributed by atoms with E-state index in [0.29, 0.717) is 0 Å². The first-order valence-electron chi connectivity index (χ1n) is 5.24. The van der Waals surface area contributed by atoms with Gasteiger partial charge < -0.3 is 0 Å². The molecule has 2 heteroatoms. The quantitative estimate of drug-likeness (QED) is 0.673. The highest BCUT2D eigenvalue weighted by Gasteiger charge is 2.09. The van der Waals surface area contributed by atoms with Crippen LogP contribution in [0.2, 0.25) is 0 Å². The summed E-state index contributed by atoms with van der Waals surface area (Å²) >= 11 is 1.71. The lowest BCUT2D eigenvalue weighted by molar-refractivity contribution is 1.32. The van der Waals surface area contributed by atoms with Gasteiger partial charge in [0.1, 0.15) is 0 Å². The second-order valence-corrected chi connectivity index (χ2v) is 4.89. The number of rotatable bonds is 0. The maximum absolute atomic E-state index is 12.3. The van der Waals surface area contributed by atoms with Crippen molar-refractivity contribution in [2.24, 2.45) is 0 Å². The van der Waals surface area contributed by atoms with Gasteiger partial charge in [-0.25, -0.2) is 0 Å². The summed E-state index contributed by atoms with van der Waals surface area (Å²) in [7, 11) is 0. The van der Waals surface area contributed by atoms with Crippen molar-refractivity contribution in [3.8, 4) is 0 Å². The smallest absolute Gasteiger partial charge is 0.195 e.